The first-order valence-electron chi connectivity index (χ1n) is 5.40. The molecule has 0 aliphatic heterocycles. The van der Waals surface area contributed by atoms with Crippen LogP contribution in [0, 0.1) is 0 Å². The number of hydrogen-bond acceptors (Lipinski definition) is 3. The summed E-state index contributed by atoms with van der Waals surface area (Å²) in [5.41, 5.74) is 0. The Hall–Kier alpha value is -0.870. The van der Waals surface area contributed by atoms with Crippen molar-refractivity contribution >= 4 is 5.91 Å². The van der Waals surface area contributed by atoms with E-state index in [0.717, 1.165) is 25.9 Å². The van der Waals surface area contributed by atoms with Crippen molar-refractivity contribution in [2.45, 2.75) is 12.8 Å². The van der Waals surface area contributed by atoms with Crippen LogP contribution in [0.4, 0.5) is 0 Å². The smallest absolute Gasteiger partial charge is 0.233 e. The standard InChI is InChI=1S/C11H23N3O/c1-4-7-12-10-11(15)13-8-5-6-9-14(2)3/h4,12H,1,5-10H2,2-3H3,(H,13,15). The number of nitrogens with one attached hydrogen (secondary N) is 2. The first-order valence-corrected chi connectivity index (χ1v) is 5.40. The van der Waals surface area contributed by atoms with E-state index in [1.165, 1.54) is 0 Å². The van der Waals surface area contributed by atoms with Crippen LogP contribution in [0.15, 0.2) is 12.7 Å². The fourth-order valence-electron chi connectivity index (χ4n) is 1.13. The second-order valence-electron chi connectivity index (χ2n) is 3.78. The lowest BCUT2D eigenvalue weighted by atomic mass is 10.3. The maximum atomic E-state index is 11.2. The number of carbonyl (C=O) groups excluding carboxylic acids is 1. The van der Waals surface area contributed by atoms with Gasteiger partial charge in [-0.1, -0.05) is 6.08 Å². The Morgan fingerprint density at radius 1 is 1.40 bits per heavy atom. The number of unbranched alkanes of at least 4 members (excludes halogenated alkanes) is 1. The fourth-order valence-corrected chi connectivity index (χ4v) is 1.13. The summed E-state index contributed by atoms with van der Waals surface area (Å²) < 4.78 is 0. The van der Waals surface area contributed by atoms with Gasteiger partial charge in [-0.15, -0.1) is 6.58 Å². The molecule has 0 spiro atoms. The molecule has 1 amide bonds. The Balaban J connectivity index is 3.20. The van der Waals surface area contributed by atoms with Crippen LogP contribution >= 0.6 is 0 Å². The van der Waals surface area contributed by atoms with Crippen molar-refractivity contribution in [2.75, 3.05) is 40.3 Å². The van der Waals surface area contributed by atoms with Gasteiger partial charge in [0.25, 0.3) is 0 Å². The molecular weight excluding hydrogens is 190 g/mol. The van der Waals surface area contributed by atoms with Gasteiger partial charge in [-0.05, 0) is 33.5 Å². The molecular formula is C11H23N3O. The third kappa shape index (κ3) is 11.1. The van der Waals surface area contributed by atoms with E-state index in [1.807, 2.05) is 0 Å². The van der Waals surface area contributed by atoms with Gasteiger partial charge in [0.05, 0.1) is 6.54 Å². The predicted octanol–water partition coefficient (Wildman–Crippen LogP) is 0.220. The van der Waals surface area contributed by atoms with Gasteiger partial charge in [-0.25, -0.2) is 0 Å². The SMILES string of the molecule is C=CCNCC(=O)NCCCCN(C)C. The Kier molecular flexibility index (Phi) is 9.11. The second-order valence-corrected chi connectivity index (χ2v) is 3.78. The van der Waals surface area contributed by atoms with Gasteiger partial charge in [0, 0.05) is 13.1 Å². The highest BCUT2D eigenvalue weighted by molar-refractivity contribution is 5.77. The van der Waals surface area contributed by atoms with Crippen molar-refractivity contribution in [2.24, 2.45) is 0 Å². The summed E-state index contributed by atoms with van der Waals surface area (Å²) in [6.45, 7) is 6.45. The number of amides is 1. The first kappa shape index (κ1) is 14.1. The van der Waals surface area contributed by atoms with E-state index < -0.39 is 0 Å². The van der Waals surface area contributed by atoms with Gasteiger partial charge in [0.15, 0.2) is 0 Å². The molecule has 88 valence electrons. The van der Waals surface area contributed by atoms with E-state index in [9.17, 15) is 4.79 Å². The molecule has 15 heavy (non-hydrogen) atoms. The highest BCUT2D eigenvalue weighted by Crippen LogP contribution is 1.88. The summed E-state index contributed by atoms with van der Waals surface area (Å²) in [6, 6.07) is 0. The van der Waals surface area contributed by atoms with Gasteiger partial charge in [0.2, 0.25) is 5.91 Å². The third-order valence-electron chi connectivity index (χ3n) is 1.93. The van der Waals surface area contributed by atoms with Gasteiger partial charge in [-0.3, -0.25) is 4.79 Å². The minimum Gasteiger partial charge on any atom is -0.355 e. The van der Waals surface area contributed by atoms with Crippen molar-refractivity contribution < 1.29 is 4.79 Å². The predicted molar refractivity (Wildman–Crippen MR) is 63.9 cm³/mol. The Morgan fingerprint density at radius 2 is 2.13 bits per heavy atom. The maximum Gasteiger partial charge on any atom is 0.233 e. The molecule has 0 heterocycles. The molecule has 4 heteroatoms. The van der Waals surface area contributed by atoms with Gasteiger partial charge in [0.1, 0.15) is 0 Å². The van der Waals surface area contributed by atoms with Crippen LogP contribution < -0.4 is 10.6 Å². The van der Waals surface area contributed by atoms with E-state index >= 15 is 0 Å². The molecule has 0 saturated heterocycles. The van der Waals surface area contributed by atoms with Crippen molar-refractivity contribution in [3.63, 3.8) is 0 Å². The Morgan fingerprint density at radius 3 is 2.73 bits per heavy atom. The Labute approximate surface area is 92.7 Å². The van der Waals surface area contributed by atoms with Crippen molar-refractivity contribution in [3.8, 4) is 0 Å². The van der Waals surface area contributed by atoms with Crippen molar-refractivity contribution in [3.05, 3.63) is 12.7 Å². The normalized spacial score (nSPS) is 10.3. The van der Waals surface area contributed by atoms with Crippen LogP contribution in [-0.2, 0) is 4.79 Å². The second kappa shape index (κ2) is 9.68. The van der Waals surface area contributed by atoms with E-state index in [0.29, 0.717) is 13.1 Å². The van der Waals surface area contributed by atoms with Crippen LogP contribution in [0.3, 0.4) is 0 Å². The molecule has 0 bridgehead atoms. The summed E-state index contributed by atoms with van der Waals surface area (Å²) in [5, 5.41) is 5.82. The molecule has 4 nitrogen and oxygen atoms in total. The van der Waals surface area contributed by atoms with Gasteiger partial charge in [-0.2, -0.15) is 0 Å². The summed E-state index contributed by atoms with van der Waals surface area (Å²) in [4.78, 5) is 13.3. The first-order chi connectivity index (χ1) is 7.16. The lowest BCUT2D eigenvalue weighted by Gasteiger charge is -2.09. The van der Waals surface area contributed by atoms with E-state index in [4.69, 9.17) is 0 Å². The summed E-state index contributed by atoms with van der Waals surface area (Å²) in [5.74, 6) is 0.0571. The molecule has 0 radical (unpaired) electrons. The zero-order valence-electron chi connectivity index (χ0n) is 9.88. The van der Waals surface area contributed by atoms with Crippen LogP contribution in [0.5, 0.6) is 0 Å². The summed E-state index contributed by atoms with van der Waals surface area (Å²) in [6.07, 6.45) is 3.89. The lowest BCUT2D eigenvalue weighted by Crippen LogP contribution is -2.34. The molecule has 0 aromatic rings. The topological polar surface area (TPSA) is 44.4 Å². The molecule has 0 aromatic carbocycles. The molecule has 0 saturated carbocycles. The summed E-state index contributed by atoms with van der Waals surface area (Å²) >= 11 is 0. The van der Waals surface area contributed by atoms with E-state index in [2.05, 4.69) is 36.2 Å². The minimum absolute atomic E-state index is 0.0571. The molecule has 0 aliphatic rings. The molecule has 0 atom stereocenters. The van der Waals surface area contributed by atoms with Crippen molar-refractivity contribution in [1.29, 1.82) is 0 Å². The van der Waals surface area contributed by atoms with Crippen molar-refractivity contribution in [1.82, 2.24) is 15.5 Å². The molecule has 2 N–H and O–H groups in total. The lowest BCUT2D eigenvalue weighted by molar-refractivity contribution is -0.120. The van der Waals surface area contributed by atoms with Crippen LogP contribution in [0.1, 0.15) is 12.8 Å². The summed E-state index contributed by atoms with van der Waals surface area (Å²) in [7, 11) is 4.11. The maximum absolute atomic E-state index is 11.2. The average molecular weight is 213 g/mol. The third-order valence-corrected chi connectivity index (χ3v) is 1.93. The quantitative estimate of drug-likeness (QED) is 0.425. The highest BCUT2D eigenvalue weighted by Gasteiger charge is 1.98. The highest BCUT2D eigenvalue weighted by atomic mass is 16.1. The zero-order chi connectivity index (χ0) is 11.5. The fraction of sp³-hybridized carbons (Fsp3) is 0.727. The van der Waals surface area contributed by atoms with Crippen LogP contribution in [0.2, 0.25) is 0 Å². The van der Waals surface area contributed by atoms with E-state index in [-0.39, 0.29) is 5.91 Å². The van der Waals surface area contributed by atoms with Gasteiger partial charge >= 0.3 is 0 Å². The van der Waals surface area contributed by atoms with Crippen LogP contribution in [-0.4, -0.2) is 51.1 Å². The van der Waals surface area contributed by atoms with E-state index in [1.54, 1.807) is 6.08 Å². The molecule has 0 rings (SSSR count). The molecule has 0 fully saturated rings. The largest absolute Gasteiger partial charge is 0.355 e. The molecule has 0 aliphatic carbocycles. The number of carbonyl (C=O) groups is 1. The minimum atomic E-state index is 0.0571. The zero-order valence-corrected chi connectivity index (χ0v) is 9.88. The Bertz CT molecular complexity index is 181. The number of nitrogens with zero attached hydrogens (tertiary/aromatic N) is 1. The molecule has 0 aromatic heterocycles. The molecule has 0 unspecified atom stereocenters. The van der Waals surface area contributed by atoms with Gasteiger partial charge < -0.3 is 15.5 Å². The number of hydrogen-bond donors (Lipinski definition) is 2. The average Bonchev–Trinajstić information content (AvgIpc) is 2.17. The number of rotatable bonds is 9. The van der Waals surface area contributed by atoms with Crippen LogP contribution in [0.25, 0.3) is 0 Å². The monoisotopic (exact) mass is 213 g/mol.